The van der Waals surface area contributed by atoms with Crippen LogP contribution in [0.2, 0.25) is 0 Å². The van der Waals surface area contributed by atoms with E-state index in [2.05, 4.69) is 17.2 Å². The number of hydrogen-bond acceptors (Lipinski definition) is 3. The maximum Gasteiger partial charge on any atom is 0.270 e. The SMILES string of the molecule is CCC1CCC(NC(=O)c2ccc(C(N)=S)cn2)CC1. The first-order valence-electron chi connectivity index (χ1n) is 7.17. The standard InChI is InChI=1S/C15H21N3OS/c1-2-10-3-6-12(7-4-10)18-15(19)13-8-5-11(9-17-13)14(16)20/h5,8-10,12H,2-4,6-7H2,1H3,(H2,16,20)(H,18,19). The van der Waals surface area contributed by atoms with Gasteiger partial charge in [0.2, 0.25) is 0 Å². The van der Waals surface area contributed by atoms with Crippen LogP contribution in [0, 0.1) is 5.92 Å². The van der Waals surface area contributed by atoms with Gasteiger partial charge in [-0.15, -0.1) is 0 Å². The Morgan fingerprint density at radius 1 is 1.40 bits per heavy atom. The minimum Gasteiger partial charge on any atom is -0.389 e. The topological polar surface area (TPSA) is 68.0 Å². The number of carbonyl (C=O) groups is 1. The molecule has 1 heterocycles. The van der Waals surface area contributed by atoms with Crippen molar-refractivity contribution in [1.29, 1.82) is 0 Å². The molecule has 0 spiro atoms. The van der Waals surface area contributed by atoms with Crippen molar-refractivity contribution in [3.8, 4) is 0 Å². The van der Waals surface area contributed by atoms with Crippen molar-refractivity contribution in [2.24, 2.45) is 11.7 Å². The summed E-state index contributed by atoms with van der Waals surface area (Å²) in [6, 6.07) is 3.68. The van der Waals surface area contributed by atoms with Crippen molar-refractivity contribution in [1.82, 2.24) is 10.3 Å². The van der Waals surface area contributed by atoms with Crippen LogP contribution in [0.1, 0.15) is 55.1 Å². The molecule has 1 aliphatic rings. The van der Waals surface area contributed by atoms with Gasteiger partial charge in [-0.2, -0.15) is 0 Å². The highest BCUT2D eigenvalue weighted by molar-refractivity contribution is 7.80. The number of carbonyl (C=O) groups excluding carboxylic acids is 1. The molecule has 1 aliphatic carbocycles. The molecule has 1 aromatic heterocycles. The van der Waals surface area contributed by atoms with Crippen LogP contribution < -0.4 is 11.1 Å². The lowest BCUT2D eigenvalue weighted by atomic mass is 9.84. The highest BCUT2D eigenvalue weighted by Crippen LogP contribution is 2.26. The zero-order chi connectivity index (χ0) is 14.5. The number of nitrogens with one attached hydrogen (secondary N) is 1. The van der Waals surface area contributed by atoms with Crippen molar-refractivity contribution < 1.29 is 4.79 Å². The quantitative estimate of drug-likeness (QED) is 0.836. The summed E-state index contributed by atoms with van der Waals surface area (Å²) in [7, 11) is 0. The summed E-state index contributed by atoms with van der Waals surface area (Å²) in [5.41, 5.74) is 6.61. The Balaban J connectivity index is 1.90. The second-order valence-electron chi connectivity index (χ2n) is 5.40. The van der Waals surface area contributed by atoms with E-state index in [4.69, 9.17) is 18.0 Å². The number of aromatic nitrogens is 1. The van der Waals surface area contributed by atoms with Gasteiger partial charge in [-0.05, 0) is 43.7 Å². The van der Waals surface area contributed by atoms with Gasteiger partial charge in [0.25, 0.3) is 5.91 Å². The summed E-state index contributed by atoms with van der Waals surface area (Å²) in [6.07, 6.45) is 7.32. The summed E-state index contributed by atoms with van der Waals surface area (Å²) in [4.78, 5) is 16.5. The van der Waals surface area contributed by atoms with E-state index in [1.165, 1.54) is 19.3 Å². The third-order valence-corrected chi connectivity index (χ3v) is 4.28. The van der Waals surface area contributed by atoms with E-state index in [-0.39, 0.29) is 11.9 Å². The van der Waals surface area contributed by atoms with Crippen LogP contribution in [0.3, 0.4) is 0 Å². The van der Waals surface area contributed by atoms with E-state index in [0.717, 1.165) is 18.8 Å². The van der Waals surface area contributed by atoms with Gasteiger partial charge in [-0.25, -0.2) is 0 Å². The fraction of sp³-hybridized carbons (Fsp3) is 0.533. The summed E-state index contributed by atoms with van der Waals surface area (Å²) in [6.45, 7) is 2.23. The lowest BCUT2D eigenvalue weighted by molar-refractivity contribution is 0.0916. The van der Waals surface area contributed by atoms with E-state index in [1.807, 2.05) is 0 Å². The molecule has 4 nitrogen and oxygen atoms in total. The van der Waals surface area contributed by atoms with Gasteiger partial charge in [0.1, 0.15) is 10.7 Å². The Morgan fingerprint density at radius 2 is 2.10 bits per heavy atom. The predicted octanol–water partition coefficient (Wildman–Crippen LogP) is 2.41. The van der Waals surface area contributed by atoms with Crippen LogP contribution in [-0.4, -0.2) is 21.9 Å². The van der Waals surface area contributed by atoms with Crippen LogP contribution in [0.15, 0.2) is 18.3 Å². The summed E-state index contributed by atoms with van der Waals surface area (Å²) in [5.74, 6) is 0.713. The highest BCUT2D eigenvalue weighted by Gasteiger charge is 2.22. The number of amides is 1. The van der Waals surface area contributed by atoms with Crippen LogP contribution >= 0.6 is 12.2 Å². The minimum atomic E-state index is -0.112. The van der Waals surface area contributed by atoms with Gasteiger partial charge >= 0.3 is 0 Å². The predicted molar refractivity (Wildman–Crippen MR) is 83.6 cm³/mol. The van der Waals surface area contributed by atoms with Crippen molar-refractivity contribution in [2.45, 2.75) is 45.1 Å². The Bertz CT molecular complexity index is 478. The maximum absolute atomic E-state index is 12.1. The average Bonchev–Trinajstić information content (AvgIpc) is 2.48. The normalized spacial score (nSPS) is 22.2. The van der Waals surface area contributed by atoms with E-state index < -0.39 is 0 Å². The highest BCUT2D eigenvalue weighted by atomic mass is 32.1. The van der Waals surface area contributed by atoms with Crippen molar-refractivity contribution >= 4 is 23.1 Å². The fourth-order valence-corrected chi connectivity index (χ4v) is 2.77. The smallest absolute Gasteiger partial charge is 0.270 e. The zero-order valence-corrected chi connectivity index (χ0v) is 12.6. The number of hydrogen-bond donors (Lipinski definition) is 2. The monoisotopic (exact) mass is 291 g/mol. The molecular weight excluding hydrogens is 270 g/mol. The summed E-state index contributed by atoms with van der Waals surface area (Å²) in [5, 5.41) is 3.06. The second-order valence-corrected chi connectivity index (χ2v) is 5.84. The molecule has 1 amide bonds. The van der Waals surface area contributed by atoms with Gasteiger partial charge in [0.15, 0.2) is 0 Å². The molecule has 0 saturated heterocycles. The number of pyridine rings is 1. The van der Waals surface area contributed by atoms with Crippen molar-refractivity contribution in [3.63, 3.8) is 0 Å². The van der Waals surface area contributed by atoms with Gasteiger partial charge in [0.05, 0.1) is 0 Å². The molecule has 3 N–H and O–H groups in total. The molecule has 0 aliphatic heterocycles. The van der Waals surface area contributed by atoms with Crippen LogP contribution in [0.25, 0.3) is 0 Å². The lowest BCUT2D eigenvalue weighted by Gasteiger charge is -2.28. The third-order valence-electron chi connectivity index (χ3n) is 4.04. The largest absolute Gasteiger partial charge is 0.389 e. The number of nitrogens with zero attached hydrogens (tertiary/aromatic N) is 1. The molecule has 1 aromatic rings. The third kappa shape index (κ3) is 3.76. The molecule has 20 heavy (non-hydrogen) atoms. The maximum atomic E-state index is 12.1. The number of rotatable bonds is 4. The first-order chi connectivity index (χ1) is 9.60. The molecule has 2 rings (SSSR count). The average molecular weight is 291 g/mol. The molecule has 0 atom stereocenters. The summed E-state index contributed by atoms with van der Waals surface area (Å²) >= 11 is 4.86. The Labute approximate surface area is 125 Å². The van der Waals surface area contributed by atoms with Crippen LogP contribution in [0.4, 0.5) is 0 Å². The van der Waals surface area contributed by atoms with E-state index in [9.17, 15) is 4.79 Å². The van der Waals surface area contributed by atoms with Gasteiger partial charge in [-0.3, -0.25) is 9.78 Å². The first kappa shape index (κ1) is 14.9. The second kappa shape index (κ2) is 6.79. The Morgan fingerprint density at radius 3 is 2.60 bits per heavy atom. The van der Waals surface area contributed by atoms with Gasteiger partial charge in [-0.1, -0.05) is 25.6 Å². The van der Waals surface area contributed by atoms with E-state index in [1.54, 1.807) is 18.3 Å². The van der Waals surface area contributed by atoms with Gasteiger partial charge in [0, 0.05) is 17.8 Å². The molecule has 5 heteroatoms. The lowest BCUT2D eigenvalue weighted by Crippen LogP contribution is -2.38. The van der Waals surface area contributed by atoms with Crippen LogP contribution in [0.5, 0.6) is 0 Å². The molecule has 1 saturated carbocycles. The fourth-order valence-electron chi connectivity index (χ4n) is 2.65. The minimum absolute atomic E-state index is 0.112. The molecule has 0 radical (unpaired) electrons. The Kier molecular flexibility index (Phi) is 5.06. The molecule has 108 valence electrons. The molecule has 0 aromatic carbocycles. The van der Waals surface area contributed by atoms with E-state index >= 15 is 0 Å². The van der Waals surface area contributed by atoms with E-state index in [0.29, 0.717) is 16.2 Å². The molecule has 1 fully saturated rings. The molecule has 0 unspecified atom stereocenters. The molecule has 0 bridgehead atoms. The summed E-state index contributed by atoms with van der Waals surface area (Å²) < 4.78 is 0. The van der Waals surface area contributed by atoms with Gasteiger partial charge < -0.3 is 11.1 Å². The number of thiocarbonyl (C=S) groups is 1. The van der Waals surface area contributed by atoms with Crippen molar-refractivity contribution in [3.05, 3.63) is 29.6 Å². The van der Waals surface area contributed by atoms with Crippen molar-refractivity contribution in [2.75, 3.05) is 0 Å². The Hall–Kier alpha value is -1.49. The molecular formula is C15H21N3OS. The first-order valence-corrected chi connectivity index (χ1v) is 7.57. The zero-order valence-electron chi connectivity index (χ0n) is 11.8. The number of nitrogens with two attached hydrogens (primary N) is 1. The van der Waals surface area contributed by atoms with Crippen LogP contribution in [-0.2, 0) is 0 Å².